The molecule has 3 aromatic rings. The van der Waals surface area contributed by atoms with Gasteiger partial charge in [0.1, 0.15) is 22.9 Å². The minimum Gasteiger partial charge on any atom is -0.457 e. The van der Waals surface area contributed by atoms with Crippen molar-refractivity contribution >= 4 is 17.6 Å². The van der Waals surface area contributed by atoms with E-state index in [0.29, 0.717) is 21.9 Å². The van der Waals surface area contributed by atoms with Crippen LogP contribution in [0.3, 0.4) is 0 Å². The predicted molar refractivity (Wildman–Crippen MR) is 102 cm³/mol. The summed E-state index contributed by atoms with van der Waals surface area (Å²) in [5.41, 5.74) is -0.234. The first-order valence-corrected chi connectivity index (χ1v) is 8.95. The minimum atomic E-state index is -4.74. The van der Waals surface area contributed by atoms with E-state index in [0.717, 1.165) is 17.0 Å². The summed E-state index contributed by atoms with van der Waals surface area (Å²) in [5.74, 6) is 0.506. The van der Waals surface area contributed by atoms with E-state index in [4.69, 9.17) is 4.74 Å². The SMILES string of the molecule is CN(Sc1ccc(Oc2ccc(OC(F)(F)F)cc2)cc1)c1cccn(O)c1=O. The number of pyridine rings is 1. The van der Waals surface area contributed by atoms with Crippen LogP contribution in [0.1, 0.15) is 0 Å². The molecule has 29 heavy (non-hydrogen) atoms. The number of ether oxygens (including phenoxy) is 2. The molecule has 3 rings (SSSR count). The Hall–Kier alpha value is -3.27. The molecule has 0 saturated carbocycles. The van der Waals surface area contributed by atoms with Gasteiger partial charge in [0, 0.05) is 18.1 Å². The first kappa shape index (κ1) is 20.5. The van der Waals surface area contributed by atoms with Crippen LogP contribution >= 0.6 is 11.9 Å². The van der Waals surface area contributed by atoms with Crippen molar-refractivity contribution in [2.75, 3.05) is 11.4 Å². The summed E-state index contributed by atoms with van der Waals surface area (Å²) in [6.45, 7) is 0. The summed E-state index contributed by atoms with van der Waals surface area (Å²) in [6.07, 6.45) is -3.49. The maximum atomic E-state index is 12.2. The van der Waals surface area contributed by atoms with Crippen molar-refractivity contribution in [3.05, 3.63) is 77.2 Å². The molecule has 1 N–H and O–H groups in total. The van der Waals surface area contributed by atoms with Crippen LogP contribution in [0, 0.1) is 0 Å². The lowest BCUT2D eigenvalue weighted by molar-refractivity contribution is -0.274. The monoisotopic (exact) mass is 424 g/mol. The van der Waals surface area contributed by atoms with Crippen LogP contribution in [-0.2, 0) is 0 Å². The first-order chi connectivity index (χ1) is 13.7. The summed E-state index contributed by atoms with van der Waals surface area (Å²) < 4.78 is 48.1. The Labute approximate surface area is 167 Å². The van der Waals surface area contributed by atoms with Gasteiger partial charge in [-0.05, 0) is 72.6 Å². The smallest absolute Gasteiger partial charge is 0.457 e. The number of benzene rings is 2. The molecule has 2 aromatic carbocycles. The van der Waals surface area contributed by atoms with Gasteiger partial charge in [0.15, 0.2) is 0 Å². The first-order valence-electron chi connectivity index (χ1n) is 8.17. The van der Waals surface area contributed by atoms with Gasteiger partial charge in [-0.3, -0.25) is 4.79 Å². The van der Waals surface area contributed by atoms with E-state index in [1.807, 2.05) is 0 Å². The van der Waals surface area contributed by atoms with E-state index in [9.17, 15) is 23.2 Å². The largest absolute Gasteiger partial charge is 0.573 e. The summed E-state index contributed by atoms with van der Waals surface area (Å²) in [4.78, 5) is 12.7. The second kappa shape index (κ2) is 8.39. The molecule has 0 fully saturated rings. The van der Waals surface area contributed by atoms with Crippen LogP contribution in [-0.4, -0.2) is 23.3 Å². The van der Waals surface area contributed by atoms with Crippen LogP contribution in [0.25, 0.3) is 0 Å². The van der Waals surface area contributed by atoms with Crippen molar-refractivity contribution in [1.82, 2.24) is 4.73 Å². The van der Waals surface area contributed by atoms with E-state index < -0.39 is 11.9 Å². The summed E-state index contributed by atoms with van der Waals surface area (Å²) in [7, 11) is 1.69. The molecule has 152 valence electrons. The summed E-state index contributed by atoms with van der Waals surface area (Å²) >= 11 is 1.27. The highest BCUT2D eigenvalue weighted by atomic mass is 32.2. The normalized spacial score (nSPS) is 11.2. The molecular formula is C19H15F3N2O4S. The van der Waals surface area contributed by atoms with Gasteiger partial charge in [0.05, 0.1) is 0 Å². The molecule has 0 radical (unpaired) electrons. The fourth-order valence-electron chi connectivity index (χ4n) is 2.33. The van der Waals surface area contributed by atoms with Crippen LogP contribution in [0.15, 0.2) is 76.6 Å². The zero-order valence-corrected chi connectivity index (χ0v) is 15.8. The standard InChI is InChI=1S/C19H15F3N2O4S/c1-23(17-3-2-12-24(26)18(17)25)29-16-10-8-14(9-11-16)27-13-4-6-15(7-5-13)28-19(20,21)22/h2-12,26H,1H3. The highest BCUT2D eigenvalue weighted by Gasteiger charge is 2.30. The maximum Gasteiger partial charge on any atom is 0.573 e. The van der Waals surface area contributed by atoms with Gasteiger partial charge in [-0.1, -0.05) is 0 Å². The molecule has 6 nitrogen and oxygen atoms in total. The Morgan fingerprint density at radius 3 is 2.10 bits per heavy atom. The molecule has 0 atom stereocenters. The average molecular weight is 424 g/mol. The van der Waals surface area contributed by atoms with Gasteiger partial charge in [0.25, 0.3) is 0 Å². The number of hydrogen-bond acceptors (Lipinski definition) is 6. The van der Waals surface area contributed by atoms with Crippen LogP contribution < -0.4 is 19.3 Å². The third-order valence-electron chi connectivity index (χ3n) is 3.61. The lowest BCUT2D eigenvalue weighted by Gasteiger charge is -2.17. The number of hydrogen-bond donors (Lipinski definition) is 1. The number of rotatable bonds is 6. The number of alkyl halides is 3. The number of nitrogens with zero attached hydrogens (tertiary/aromatic N) is 2. The lowest BCUT2D eigenvalue weighted by Crippen LogP contribution is -2.23. The van der Waals surface area contributed by atoms with E-state index in [1.165, 1.54) is 30.3 Å². The van der Waals surface area contributed by atoms with Gasteiger partial charge in [-0.15, -0.1) is 13.2 Å². The predicted octanol–water partition coefficient (Wildman–Crippen LogP) is 4.92. The highest BCUT2D eigenvalue weighted by molar-refractivity contribution is 8.00. The molecule has 1 heterocycles. The molecule has 0 aliphatic rings. The summed E-state index contributed by atoms with van der Waals surface area (Å²) in [5, 5.41) is 9.45. The molecule has 0 aliphatic heterocycles. The summed E-state index contributed by atoms with van der Waals surface area (Å²) in [6, 6.07) is 15.1. The Morgan fingerprint density at radius 1 is 0.966 bits per heavy atom. The Balaban J connectivity index is 1.63. The van der Waals surface area contributed by atoms with Crippen LogP contribution in [0.4, 0.5) is 18.9 Å². The second-order valence-electron chi connectivity index (χ2n) is 5.72. The Bertz CT molecular complexity index is 1020. The lowest BCUT2D eigenvalue weighted by atomic mass is 10.3. The molecule has 0 aliphatic carbocycles. The highest BCUT2D eigenvalue weighted by Crippen LogP contribution is 2.30. The third kappa shape index (κ3) is 5.61. The van der Waals surface area contributed by atoms with Crippen LogP contribution in [0.5, 0.6) is 17.2 Å². The second-order valence-corrected chi connectivity index (χ2v) is 6.93. The zero-order chi connectivity index (χ0) is 21.0. The third-order valence-corrected chi connectivity index (χ3v) is 4.56. The van der Waals surface area contributed by atoms with Crippen molar-refractivity contribution in [3.63, 3.8) is 0 Å². The topological polar surface area (TPSA) is 63.9 Å². The number of halogens is 3. The van der Waals surface area contributed by atoms with E-state index in [2.05, 4.69) is 4.74 Å². The quantitative estimate of drug-likeness (QED) is 0.448. The molecule has 0 bridgehead atoms. The molecule has 0 unspecified atom stereocenters. The van der Waals surface area contributed by atoms with E-state index >= 15 is 0 Å². The minimum absolute atomic E-state index is 0.307. The maximum absolute atomic E-state index is 12.2. The zero-order valence-electron chi connectivity index (χ0n) is 15.0. The van der Waals surface area contributed by atoms with Gasteiger partial charge < -0.3 is 19.0 Å². The fourth-order valence-corrected chi connectivity index (χ4v) is 3.14. The van der Waals surface area contributed by atoms with Crippen molar-refractivity contribution in [3.8, 4) is 17.2 Å². The van der Waals surface area contributed by atoms with Gasteiger partial charge in [-0.2, -0.15) is 4.73 Å². The molecular weight excluding hydrogens is 409 g/mol. The number of anilines is 1. The molecule has 0 spiro atoms. The Kier molecular flexibility index (Phi) is 5.92. The van der Waals surface area contributed by atoms with E-state index in [-0.39, 0.29) is 5.75 Å². The molecule has 0 amide bonds. The van der Waals surface area contributed by atoms with Gasteiger partial charge in [-0.25, -0.2) is 0 Å². The Morgan fingerprint density at radius 2 is 1.52 bits per heavy atom. The molecule has 10 heteroatoms. The number of aromatic nitrogens is 1. The van der Waals surface area contributed by atoms with E-state index in [1.54, 1.807) is 47.8 Å². The van der Waals surface area contributed by atoms with Gasteiger partial charge in [0.2, 0.25) is 0 Å². The van der Waals surface area contributed by atoms with Crippen molar-refractivity contribution in [1.29, 1.82) is 0 Å². The van der Waals surface area contributed by atoms with Gasteiger partial charge >= 0.3 is 11.9 Å². The molecule has 0 saturated heterocycles. The molecule has 1 aromatic heterocycles. The average Bonchev–Trinajstić information content (AvgIpc) is 2.66. The van der Waals surface area contributed by atoms with Crippen molar-refractivity contribution in [2.24, 2.45) is 0 Å². The van der Waals surface area contributed by atoms with Crippen molar-refractivity contribution < 1.29 is 27.9 Å². The fraction of sp³-hybridized carbons (Fsp3) is 0.105. The van der Waals surface area contributed by atoms with Crippen molar-refractivity contribution in [2.45, 2.75) is 11.3 Å². The van der Waals surface area contributed by atoms with Crippen LogP contribution in [0.2, 0.25) is 0 Å².